The summed E-state index contributed by atoms with van der Waals surface area (Å²) in [5.74, 6) is 0.545. The van der Waals surface area contributed by atoms with Crippen molar-refractivity contribution in [3.8, 4) is 11.5 Å². The maximum atomic E-state index is 12.4. The van der Waals surface area contributed by atoms with E-state index in [1.807, 2.05) is 0 Å². The molecule has 0 radical (unpaired) electrons. The van der Waals surface area contributed by atoms with Crippen LogP contribution in [0.1, 0.15) is 79.8 Å². The highest BCUT2D eigenvalue weighted by Gasteiger charge is 2.32. The van der Waals surface area contributed by atoms with Crippen LogP contribution in [0.4, 0.5) is 0 Å². The van der Waals surface area contributed by atoms with Crippen LogP contribution in [0.15, 0.2) is 17.7 Å². The Balaban J connectivity index is 2.05. The van der Waals surface area contributed by atoms with Crippen LogP contribution in [-0.4, -0.2) is 17.9 Å². The van der Waals surface area contributed by atoms with Gasteiger partial charge in [-0.25, -0.2) is 4.79 Å². The number of benzene rings is 1. The van der Waals surface area contributed by atoms with Crippen molar-refractivity contribution in [1.82, 2.24) is 0 Å². The molecule has 1 atom stereocenters. The maximum Gasteiger partial charge on any atom is 0.345 e. The van der Waals surface area contributed by atoms with Gasteiger partial charge in [-0.3, -0.25) is 0 Å². The molecule has 1 N–H and O–H groups in total. The SMILES string of the molecule is CCCCCc1cc(O)c(C2C=C(C)CCC2)c2c1C(=O)OCO2. The first kappa shape index (κ1) is 16.9. The molecule has 1 aromatic rings. The van der Waals surface area contributed by atoms with Gasteiger partial charge in [0.05, 0.1) is 0 Å². The zero-order valence-corrected chi connectivity index (χ0v) is 14.6. The average molecular weight is 330 g/mol. The fourth-order valence-electron chi connectivity index (χ4n) is 3.76. The summed E-state index contributed by atoms with van der Waals surface area (Å²) in [5, 5.41) is 10.7. The van der Waals surface area contributed by atoms with Crippen LogP contribution in [0.2, 0.25) is 0 Å². The second kappa shape index (κ2) is 7.29. The smallest absolute Gasteiger partial charge is 0.345 e. The van der Waals surface area contributed by atoms with E-state index in [2.05, 4.69) is 19.9 Å². The third-order valence-electron chi connectivity index (χ3n) is 4.97. The van der Waals surface area contributed by atoms with E-state index in [-0.39, 0.29) is 24.4 Å². The molecule has 1 heterocycles. The van der Waals surface area contributed by atoms with Crippen LogP contribution in [0.25, 0.3) is 0 Å². The Labute approximate surface area is 143 Å². The van der Waals surface area contributed by atoms with E-state index in [1.165, 1.54) is 5.57 Å². The molecule has 0 saturated heterocycles. The summed E-state index contributed by atoms with van der Waals surface area (Å²) in [6.45, 7) is 4.18. The van der Waals surface area contributed by atoms with Crippen molar-refractivity contribution in [1.29, 1.82) is 0 Å². The van der Waals surface area contributed by atoms with Gasteiger partial charge in [-0.05, 0) is 50.7 Å². The molecular weight excluding hydrogens is 304 g/mol. The molecule has 2 aliphatic rings. The molecule has 1 aliphatic heterocycles. The molecule has 1 aliphatic carbocycles. The first-order chi connectivity index (χ1) is 11.6. The quantitative estimate of drug-likeness (QED) is 0.476. The van der Waals surface area contributed by atoms with Crippen LogP contribution in [0, 0.1) is 0 Å². The van der Waals surface area contributed by atoms with Gasteiger partial charge in [-0.15, -0.1) is 0 Å². The number of hydrogen-bond donors (Lipinski definition) is 1. The molecule has 0 spiro atoms. The lowest BCUT2D eigenvalue weighted by molar-refractivity contribution is 0.00410. The van der Waals surface area contributed by atoms with Crippen molar-refractivity contribution in [3.63, 3.8) is 0 Å². The topological polar surface area (TPSA) is 55.8 Å². The van der Waals surface area contributed by atoms with Gasteiger partial charge >= 0.3 is 5.97 Å². The maximum absolute atomic E-state index is 12.4. The van der Waals surface area contributed by atoms with E-state index >= 15 is 0 Å². The number of aryl methyl sites for hydroxylation is 1. The number of fused-ring (bicyclic) bond motifs is 1. The molecule has 1 unspecified atom stereocenters. The zero-order valence-electron chi connectivity index (χ0n) is 14.6. The average Bonchev–Trinajstić information content (AvgIpc) is 2.55. The monoisotopic (exact) mass is 330 g/mol. The van der Waals surface area contributed by atoms with Gasteiger partial charge in [0.2, 0.25) is 6.79 Å². The third kappa shape index (κ3) is 3.28. The normalized spacial score (nSPS) is 20.0. The highest BCUT2D eigenvalue weighted by atomic mass is 16.7. The number of esters is 1. The molecule has 4 nitrogen and oxygen atoms in total. The largest absolute Gasteiger partial charge is 0.507 e. The molecule has 3 rings (SSSR count). The van der Waals surface area contributed by atoms with Gasteiger partial charge in [0.1, 0.15) is 17.1 Å². The fraction of sp³-hybridized carbons (Fsp3) is 0.550. The van der Waals surface area contributed by atoms with Gasteiger partial charge in [0.15, 0.2) is 0 Å². The zero-order chi connectivity index (χ0) is 17.1. The summed E-state index contributed by atoms with van der Waals surface area (Å²) in [4.78, 5) is 12.4. The highest BCUT2D eigenvalue weighted by molar-refractivity contribution is 5.96. The molecule has 4 heteroatoms. The van der Waals surface area contributed by atoms with Crippen LogP contribution in [-0.2, 0) is 11.2 Å². The standard InChI is InChI=1S/C20H26O4/c1-3-4-5-8-15-11-16(21)17(14-9-6-7-13(2)10-14)19-18(15)20(22)24-12-23-19/h10-11,14,21H,3-9,12H2,1-2H3. The molecular formula is C20H26O4. The van der Waals surface area contributed by atoms with Crippen molar-refractivity contribution in [3.05, 3.63) is 34.4 Å². The molecule has 24 heavy (non-hydrogen) atoms. The summed E-state index contributed by atoms with van der Waals surface area (Å²) in [6.07, 6.45) is 9.28. The predicted octanol–water partition coefficient (Wildman–Crippen LogP) is 4.85. The Morgan fingerprint density at radius 1 is 1.29 bits per heavy atom. The number of carbonyl (C=O) groups is 1. The summed E-state index contributed by atoms with van der Waals surface area (Å²) < 4.78 is 10.8. The lowest BCUT2D eigenvalue weighted by Crippen LogP contribution is -2.22. The fourth-order valence-corrected chi connectivity index (χ4v) is 3.76. The molecule has 130 valence electrons. The number of carbonyl (C=O) groups excluding carboxylic acids is 1. The highest BCUT2D eigenvalue weighted by Crippen LogP contribution is 2.45. The number of aromatic hydroxyl groups is 1. The number of phenolic OH excluding ortho intramolecular Hbond substituents is 1. The van der Waals surface area contributed by atoms with E-state index in [9.17, 15) is 9.90 Å². The third-order valence-corrected chi connectivity index (χ3v) is 4.97. The summed E-state index contributed by atoms with van der Waals surface area (Å²) in [5.41, 5.74) is 3.42. The molecule has 0 amide bonds. The Hall–Kier alpha value is -1.97. The predicted molar refractivity (Wildman–Crippen MR) is 92.6 cm³/mol. The Kier molecular flexibility index (Phi) is 5.12. The molecule has 0 bridgehead atoms. The Bertz CT molecular complexity index is 660. The van der Waals surface area contributed by atoms with Crippen molar-refractivity contribution >= 4 is 5.97 Å². The van der Waals surface area contributed by atoms with Crippen LogP contribution < -0.4 is 4.74 Å². The summed E-state index contributed by atoms with van der Waals surface area (Å²) >= 11 is 0. The van der Waals surface area contributed by atoms with Gasteiger partial charge in [0, 0.05) is 11.5 Å². The number of cyclic esters (lactones) is 1. The first-order valence-electron chi connectivity index (χ1n) is 8.97. The molecule has 0 aromatic heterocycles. The van der Waals surface area contributed by atoms with Crippen molar-refractivity contribution in [2.45, 2.75) is 64.7 Å². The number of hydrogen-bond acceptors (Lipinski definition) is 4. The van der Waals surface area contributed by atoms with Crippen LogP contribution in [0.5, 0.6) is 11.5 Å². The lowest BCUT2D eigenvalue weighted by Gasteiger charge is -2.28. The van der Waals surface area contributed by atoms with Crippen LogP contribution in [0.3, 0.4) is 0 Å². The minimum atomic E-state index is -0.333. The van der Waals surface area contributed by atoms with Gasteiger partial charge in [0.25, 0.3) is 0 Å². The molecule has 0 saturated carbocycles. The Morgan fingerprint density at radius 3 is 2.88 bits per heavy atom. The minimum Gasteiger partial charge on any atom is -0.507 e. The second-order valence-electron chi connectivity index (χ2n) is 6.84. The van der Waals surface area contributed by atoms with E-state index < -0.39 is 0 Å². The van der Waals surface area contributed by atoms with E-state index in [1.54, 1.807) is 6.07 Å². The minimum absolute atomic E-state index is 0.0773. The van der Waals surface area contributed by atoms with E-state index in [0.717, 1.165) is 56.1 Å². The first-order valence-corrected chi connectivity index (χ1v) is 8.97. The second-order valence-corrected chi connectivity index (χ2v) is 6.84. The number of phenols is 1. The van der Waals surface area contributed by atoms with E-state index in [0.29, 0.717) is 11.3 Å². The number of ether oxygens (including phenoxy) is 2. The van der Waals surface area contributed by atoms with E-state index in [4.69, 9.17) is 9.47 Å². The Morgan fingerprint density at radius 2 is 2.12 bits per heavy atom. The number of allylic oxidation sites excluding steroid dienone is 2. The lowest BCUT2D eigenvalue weighted by atomic mass is 9.83. The summed E-state index contributed by atoms with van der Waals surface area (Å²) in [7, 11) is 0. The number of rotatable bonds is 5. The molecule has 0 fully saturated rings. The van der Waals surface area contributed by atoms with Crippen LogP contribution >= 0.6 is 0 Å². The van der Waals surface area contributed by atoms with Crippen molar-refractivity contribution < 1.29 is 19.4 Å². The van der Waals surface area contributed by atoms with Crippen molar-refractivity contribution in [2.24, 2.45) is 0 Å². The van der Waals surface area contributed by atoms with Crippen molar-refractivity contribution in [2.75, 3.05) is 6.79 Å². The van der Waals surface area contributed by atoms with Gasteiger partial charge in [-0.2, -0.15) is 0 Å². The van der Waals surface area contributed by atoms with Gasteiger partial charge in [-0.1, -0.05) is 31.4 Å². The molecule has 1 aromatic carbocycles. The number of unbranched alkanes of at least 4 members (excludes halogenated alkanes) is 2. The summed E-state index contributed by atoms with van der Waals surface area (Å²) in [6, 6.07) is 1.75. The van der Waals surface area contributed by atoms with Gasteiger partial charge < -0.3 is 14.6 Å².